The molecule has 11 nitrogen and oxygen atoms in total. The molecule has 0 aromatic heterocycles. The maximum absolute atomic E-state index is 14.9. The molecule has 11 heteroatoms. The van der Waals surface area contributed by atoms with Crippen LogP contribution >= 0.6 is 0 Å². The Balaban J connectivity index is 1.46. The van der Waals surface area contributed by atoms with E-state index in [-0.39, 0.29) is 32.0 Å². The third kappa shape index (κ3) is 11.9. The van der Waals surface area contributed by atoms with Gasteiger partial charge in [-0.3, -0.25) is 4.79 Å². The van der Waals surface area contributed by atoms with Gasteiger partial charge < -0.3 is 30.0 Å². The third-order valence-corrected chi connectivity index (χ3v) is 9.29. The zero-order valence-corrected chi connectivity index (χ0v) is 33.8. The number of esters is 1. The number of unbranched alkanes of at least 4 members (excludes halogenated alkanes) is 1. The first kappa shape index (κ1) is 42.5. The van der Waals surface area contributed by atoms with Gasteiger partial charge in [0.2, 0.25) is 0 Å². The van der Waals surface area contributed by atoms with Crippen LogP contribution in [0.4, 0.5) is 9.59 Å². The number of carbonyl (C=O) groups is 4. The first-order chi connectivity index (χ1) is 27.1. The molecular formula is C46H55N3O8. The number of alkyl carbamates (subject to hydrolysis) is 1. The number of hydrogen-bond acceptors (Lipinski definition) is 9. The van der Waals surface area contributed by atoms with Crippen LogP contribution in [0.5, 0.6) is 5.75 Å². The molecule has 57 heavy (non-hydrogen) atoms. The third-order valence-electron chi connectivity index (χ3n) is 9.29. The molecule has 0 radical (unpaired) electrons. The highest BCUT2D eigenvalue weighted by Gasteiger charge is 2.42. The number of nitrogens with zero attached hydrogens (tertiary/aromatic N) is 1. The molecule has 0 unspecified atom stereocenters. The van der Waals surface area contributed by atoms with Crippen molar-refractivity contribution in [1.29, 1.82) is 0 Å². The summed E-state index contributed by atoms with van der Waals surface area (Å²) in [5.74, 6) is -1.26. The van der Waals surface area contributed by atoms with Gasteiger partial charge in [0.25, 0.3) is 5.91 Å². The molecular weight excluding hydrogens is 723 g/mol. The molecule has 3 N–H and O–H groups in total. The minimum absolute atomic E-state index is 0.00289. The quantitative estimate of drug-likeness (QED) is 0.0691. The minimum Gasteiger partial charge on any atom is -0.488 e. The Morgan fingerprint density at radius 2 is 1.32 bits per heavy atom. The lowest BCUT2D eigenvalue weighted by Gasteiger charge is -2.33. The van der Waals surface area contributed by atoms with E-state index in [1.54, 1.807) is 57.2 Å². The predicted octanol–water partition coefficient (Wildman–Crippen LogP) is 8.32. The summed E-state index contributed by atoms with van der Waals surface area (Å²) in [5, 5.41) is 2.74. The second-order valence-corrected chi connectivity index (χ2v) is 16.2. The molecule has 0 spiro atoms. The fraction of sp³-hybridized carbons (Fsp3) is 0.391. The summed E-state index contributed by atoms with van der Waals surface area (Å²) in [6, 6.07) is 29.4. The zero-order valence-electron chi connectivity index (χ0n) is 33.8. The molecule has 0 saturated heterocycles. The number of ether oxygens (including phenoxy) is 4. The van der Waals surface area contributed by atoms with Crippen molar-refractivity contribution in [2.75, 3.05) is 13.2 Å². The summed E-state index contributed by atoms with van der Waals surface area (Å²) in [6.07, 6.45) is -0.954. The molecule has 0 aliphatic heterocycles. The first-order valence-electron chi connectivity index (χ1n) is 19.5. The van der Waals surface area contributed by atoms with Crippen molar-refractivity contribution in [3.05, 3.63) is 125 Å². The van der Waals surface area contributed by atoms with Crippen molar-refractivity contribution in [2.24, 2.45) is 5.73 Å². The van der Waals surface area contributed by atoms with E-state index >= 15 is 0 Å². The number of rotatable bonds is 15. The Morgan fingerprint density at radius 3 is 1.89 bits per heavy atom. The number of amides is 3. The maximum Gasteiger partial charge on any atom is 0.417 e. The Kier molecular flexibility index (Phi) is 14.1. The highest BCUT2D eigenvalue weighted by Crippen LogP contribution is 2.44. The van der Waals surface area contributed by atoms with Gasteiger partial charge in [-0.05, 0) is 113 Å². The van der Waals surface area contributed by atoms with E-state index in [4.69, 9.17) is 24.7 Å². The number of carbonyl (C=O) groups excluding carboxylic acids is 4. The van der Waals surface area contributed by atoms with Gasteiger partial charge in [-0.2, -0.15) is 0 Å². The average molecular weight is 778 g/mol. The van der Waals surface area contributed by atoms with E-state index < -0.39 is 47.3 Å². The highest BCUT2D eigenvalue weighted by molar-refractivity contribution is 6.00. The number of nitrogens with two attached hydrogens (primary N) is 1. The van der Waals surface area contributed by atoms with Crippen molar-refractivity contribution >= 4 is 24.1 Å². The van der Waals surface area contributed by atoms with Crippen molar-refractivity contribution in [2.45, 2.75) is 103 Å². The van der Waals surface area contributed by atoms with Crippen LogP contribution in [0.2, 0.25) is 0 Å². The SMILES string of the molecule is CC(C)(C)OC(=O)N(C(=O)[C@H](Cc1ccc(OC(C)(C)C)cc1)NC(=O)OCC1c2ccccc2-c2ccccc21)[C@@H](CCCCN)C(=O)OCc1ccccc1. The van der Waals surface area contributed by atoms with E-state index in [0.29, 0.717) is 30.7 Å². The number of nitrogens with one attached hydrogen (secondary N) is 1. The molecule has 2 atom stereocenters. The summed E-state index contributed by atoms with van der Waals surface area (Å²) in [6.45, 7) is 11.1. The molecule has 0 bridgehead atoms. The molecule has 4 aromatic rings. The van der Waals surface area contributed by atoms with Crippen LogP contribution in [0.3, 0.4) is 0 Å². The maximum atomic E-state index is 14.9. The second kappa shape index (κ2) is 19.0. The van der Waals surface area contributed by atoms with Crippen molar-refractivity contribution in [3.63, 3.8) is 0 Å². The van der Waals surface area contributed by atoms with Gasteiger partial charge in [0, 0.05) is 12.3 Å². The molecule has 4 aromatic carbocycles. The minimum atomic E-state index is -1.38. The fourth-order valence-corrected chi connectivity index (χ4v) is 6.77. The van der Waals surface area contributed by atoms with Crippen molar-refractivity contribution in [3.8, 4) is 16.9 Å². The summed E-state index contributed by atoms with van der Waals surface area (Å²) in [5.41, 5.74) is 9.94. The number of hydrogen-bond donors (Lipinski definition) is 2. The van der Waals surface area contributed by atoms with Gasteiger partial charge in [-0.25, -0.2) is 19.3 Å². The van der Waals surface area contributed by atoms with E-state index in [2.05, 4.69) is 5.32 Å². The summed E-state index contributed by atoms with van der Waals surface area (Å²) in [7, 11) is 0. The average Bonchev–Trinajstić information content (AvgIpc) is 3.48. The van der Waals surface area contributed by atoms with Crippen LogP contribution in [0.15, 0.2) is 103 Å². The largest absolute Gasteiger partial charge is 0.488 e. The lowest BCUT2D eigenvalue weighted by atomic mass is 9.98. The predicted molar refractivity (Wildman–Crippen MR) is 219 cm³/mol. The molecule has 1 aliphatic rings. The standard InChI is InChI=1S/C46H55N3O8/c1-45(2,3)56-33-25-23-31(24-26-33)28-39(48-43(52)55-30-38-36-20-12-10-18-34(36)35-19-11-13-21-37(35)38)41(50)49(44(53)57-46(4,5)6)40(22-14-15-27-47)42(51)54-29-32-16-8-7-9-17-32/h7-13,16-21,23-26,38-40H,14-15,22,27-30,47H2,1-6H3,(H,48,52)/t39-,40-/m0/s1. The van der Waals surface area contributed by atoms with Crippen LogP contribution in [0, 0.1) is 0 Å². The van der Waals surface area contributed by atoms with Gasteiger partial charge in [-0.1, -0.05) is 91.0 Å². The highest BCUT2D eigenvalue weighted by atomic mass is 16.6. The first-order valence-corrected chi connectivity index (χ1v) is 19.5. The lowest BCUT2D eigenvalue weighted by Crippen LogP contribution is -2.58. The van der Waals surface area contributed by atoms with E-state index in [1.165, 1.54) is 0 Å². The molecule has 3 amide bonds. The van der Waals surface area contributed by atoms with Crippen LogP contribution in [-0.4, -0.2) is 65.4 Å². The van der Waals surface area contributed by atoms with Gasteiger partial charge in [0.15, 0.2) is 0 Å². The Labute approximate surface area is 335 Å². The molecule has 1 aliphatic carbocycles. The topological polar surface area (TPSA) is 146 Å². The second-order valence-electron chi connectivity index (χ2n) is 16.2. The fourth-order valence-electron chi connectivity index (χ4n) is 6.77. The molecule has 0 saturated carbocycles. The van der Waals surface area contributed by atoms with Crippen LogP contribution in [0.1, 0.15) is 89.0 Å². The summed E-state index contributed by atoms with van der Waals surface area (Å²) in [4.78, 5) is 57.5. The van der Waals surface area contributed by atoms with E-state index in [0.717, 1.165) is 32.7 Å². The Bertz CT molecular complexity index is 1940. The molecule has 0 heterocycles. The zero-order chi connectivity index (χ0) is 41.2. The Hall–Kier alpha value is -5.68. The van der Waals surface area contributed by atoms with Gasteiger partial charge in [0.05, 0.1) is 0 Å². The lowest BCUT2D eigenvalue weighted by molar-refractivity contribution is -0.156. The van der Waals surface area contributed by atoms with Gasteiger partial charge >= 0.3 is 18.2 Å². The Morgan fingerprint density at radius 1 is 0.719 bits per heavy atom. The van der Waals surface area contributed by atoms with Crippen LogP contribution in [-0.2, 0) is 36.8 Å². The number of fused-ring (bicyclic) bond motifs is 3. The van der Waals surface area contributed by atoms with Gasteiger partial charge in [0.1, 0.15) is 42.2 Å². The van der Waals surface area contributed by atoms with E-state index in [1.807, 2.05) is 87.5 Å². The smallest absolute Gasteiger partial charge is 0.417 e. The molecule has 302 valence electrons. The molecule has 0 fully saturated rings. The summed E-state index contributed by atoms with van der Waals surface area (Å²) >= 11 is 0. The monoisotopic (exact) mass is 777 g/mol. The molecule has 5 rings (SSSR count). The normalized spacial score (nSPS) is 13.4. The number of imide groups is 1. The van der Waals surface area contributed by atoms with Crippen LogP contribution in [0.25, 0.3) is 11.1 Å². The summed E-state index contributed by atoms with van der Waals surface area (Å²) < 4.78 is 23.3. The van der Waals surface area contributed by atoms with Gasteiger partial charge in [-0.15, -0.1) is 0 Å². The van der Waals surface area contributed by atoms with Crippen molar-refractivity contribution in [1.82, 2.24) is 10.2 Å². The van der Waals surface area contributed by atoms with Crippen LogP contribution < -0.4 is 15.8 Å². The number of benzene rings is 4. The van der Waals surface area contributed by atoms with E-state index in [9.17, 15) is 19.2 Å². The van der Waals surface area contributed by atoms with Crippen molar-refractivity contribution < 1.29 is 38.1 Å².